The third-order valence-corrected chi connectivity index (χ3v) is 9.81. The average Bonchev–Trinajstić information content (AvgIpc) is 2.63. The molecule has 8 rings (SSSR count). The lowest BCUT2D eigenvalue weighted by Gasteiger charge is -2.78. The van der Waals surface area contributed by atoms with Gasteiger partial charge in [-0.05, 0) is 67.3 Å². The first-order valence-electron chi connectivity index (χ1n) is 10.7. The molecule has 5 aliphatic carbocycles. The number of aliphatic hydroxyl groups is 1. The van der Waals surface area contributed by atoms with Gasteiger partial charge in [0.15, 0.2) is 5.78 Å². The molecule has 5 saturated carbocycles. The summed E-state index contributed by atoms with van der Waals surface area (Å²) in [6.45, 7) is 8.62. The molecule has 8 fully saturated rings. The van der Waals surface area contributed by atoms with E-state index in [1.807, 2.05) is 0 Å². The second kappa shape index (κ2) is 4.82. The average molecular weight is 357 g/mol. The number of piperidine rings is 1. The van der Waals surface area contributed by atoms with Gasteiger partial charge in [0.25, 0.3) is 0 Å². The van der Waals surface area contributed by atoms with E-state index in [4.69, 9.17) is 4.74 Å². The number of hydrogen-bond acceptors (Lipinski definition) is 4. The number of carbonyl (C=O) groups excluding carboxylic acids is 1. The van der Waals surface area contributed by atoms with E-state index >= 15 is 0 Å². The first kappa shape index (κ1) is 16.3. The number of likely N-dealkylation sites (tertiary alicyclic amines) is 1. The summed E-state index contributed by atoms with van der Waals surface area (Å²) in [6, 6.07) is 0. The maximum Gasteiger partial charge on any atom is 0.167 e. The van der Waals surface area contributed by atoms with Crippen LogP contribution in [0.5, 0.6) is 0 Å². The van der Waals surface area contributed by atoms with E-state index in [1.54, 1.807) is 0 Å². The van der Waals surface area contributed by atoms with Crippen LogP contribution in [0.1, 0.15) is 51.9 Å². The van der Waals surface area contributed by atoms with Crippen molar-refractivity contribution in [2.45, 2.75) is 64.2 Å². The van der Waals surface area contributed by atoms with E-state index in [9.17, 15) is 9.90 Å². The summed E-state index contributed by atoms with van der Waals surface area (Å²) in [5.74, 6) is 1.91. The zero-order chi connectivity index (χ0) is 17.9. The standard InChI is InChI=1S/C22H31NO3/c1-13-14-4-7-22(18(13)25)16(10-14)21-6-3-5-20(2)12-23(8-9-24)19(21)26-17(22)11-15(20)21/h14-17,19,24H,1,3-12H2,2H3/t14-,15+,16-,17+,19+,20-,21-,22+/m0/s1. The summed E-state index contributed by atoms with van der Waals surface area (Å²) < 4.78 is 6.80. The van der Waals surface area contributed by atoms with Crippen LogP contribution >= 0.6 is 0 Å². The molecular formula is C22H31NO3. The zero-order valence-electron chi connectivity index (χ0n) is 15.9. The Balaban J connectivity index is 1.54. The van der Waals surface area contributed by atoms with Crippen molar-refractivity contribution < 1.29 is 14.6 Å². The molecule has 3 aliphatic heterocycles. The second-order valence-electron chi connectivity index (χ2n) is 10.5. The number of ketones is 1. The van der Waals surface area contributed by atoms with Gasteiger partial charge in [-0.3, -0.25) is 9.69 Å². The van der Waals surface area contributed by atoms with Gasteiger partial charge in [0.2, 0.25) is 0 Å². The van der Waals surface area contributed by atoms with Crippen molar-refractivity contribution in [2.24, 2.45) is 34.0 Å². The molecule has 8 aliphatic rings. The number of Topliss-reactive ketones (excluding diaryl/α,β-unsaturated/α-hetero) is 1. The number of carbonyl (C=O) groups is 1. The number of hydrogen-bond donors (Lipinski definition) is 1. The fraction of sp³-hybridized carbons (Fsp3) is 0.864. The van der Waals surface area contributed by atoms with Crippen LogP contribution in [0.15, 0.2) is 12.2 Å². The number of ether oxygens (including phenoxy) is 1. The molecule has 0 aromatic carbocycles. The van der Waals surface area contributed by atoms with E-state index in [2.05, 4.69) is 18.4 Å². The predicted molar refractivity (Wildman–Crippen MR) is 97.2 cm³/mol. The maximum absolute atomic E-state index is 13.5. The molecule has 0 amide bonds. The summed E-state index contributed by atoms with van der Waals surface area (Å²) in [5.41, 5.74) is 1.05. The highest BCUT2D eigenvalue weighted by atomic mass is 16.5. The van der Waals surface area contributed by atoms with Crippen molar-refractivity contribution in [3.8, 4) is 0 Å². The Morgan fingerprint density at radius 3 is 2.92 bits per heavy atom. The molecule has 0 unspecified atom stereocenters. The third-order valence-electron chi connectivity index (χ3n) is 9.81. The van der Waals surface area contributed by atoms with Crippen LogP contribution in [-0.2, 0) is 9.53 Å². The number of allylic oxidation sites excluding steroid dienone is 1. The molecule has 1 N–H and O–H groups in total. The third kappa shape index (κ3) is 1.52. The van der Waals surface area contributed by atoms with Crippen LogP contribution in [0, 0.1) is 34.0 Å². The summed E-state index contributed by atoms with van der Waals surface area (Å²) in [6.07, 6.45) is 8.29. The van der Waals surface area contributed by atoms with E-state index in [0.717, 1.165) is 37.8 Å². The van der Waals surface area contributed by atoms with Gasteiger partial charge in [0.1, 0.15) is 6.23 Å². The molecule has 0 aromatic rings. The van der Waals surface area contributed by atoms with Gasteiger partial charge in [0, 0.05) is 18.5 Å². The highest BCUT2D eigenvalue weighted by Gasteiger charge is 2.79. The van der Waals surface area contributed by atoms with Crippen molar-refractivity contribution in [1.29, 1.82) is 0 Å². The highest BCUT2D eigenvalue weighted by Crippen LogP contribution is 2.77. The normalized spacial score (nSPS) is 57.4. The van der Waals surface area contributed by atoms with Crippen molar-refractivity contribution in [3.63, 3.8) is 0 Å². The molecule has 142 valence electrons. The summed E-state index contributed by atoms with van der Waals surface area (Å²) in [4.78, 5) is 15.9. The monoisotopic (exact) mass is 357 g/mol. The molecule has 0 radical (unpaired) electrons. The molecule has 4 heteroatoms. The van der Waals surface area contributed by atoms with Gasteiger partial charge in [0.05, 0.1) is 18.1 Å². The summed E-state index contributed by atoms with van der Waals surface area (Å²) in [7, 11) is 0. The minimum absolute atomic E-state index is 0.0637. The van der Waals surface area contributed by atoms with Gasteiger partial charge >= 0.3 is 0 Å². The van der Waals surface area contributed by atoms with Crippen molar-refractivity contribution >= 4 is 5.78 Å². The van der Waals surface area contributed by atoms with Crippen molar-refractivity contribution in [3.05, 3.63) is 12.2 Å². The van der Waals surface area contributed by atoms with Crippen molar-refractivity contribution in [2.75, 3.05) is 19.7 Å². The Labute approximate surface area is 156 Å². The lowest BCUT2D eigenvalue weighted by molar-refractivity contribution is -0.384. The first-order valence-corrected chi connectivity index (χ1v) is 10.7. The predicted octanol–water partition coefficient (Wildman–Crippen LogP) is 2.76. The van der Waals surface area contributed by atoms with Crippen LogP contribution < -0.4 is 0 Å². The number of aliphatic hydroxyl groups excluding tert-OH is 1. The maximum atomic E-state index is 13.5. The van der Waals surface area contributed by atoms with E-state index in [1.165, 1.54) is 19.3 Å². The van der Waals surface area contributed by atoms with Crippen LogP contribution in [-0.4, -0.2) is 47.8 Å². The van der Waals surface area contributed by atoms with Crippen LogP contribution in [0.25, 0.3) is 0 Å². The summed E-state index contributed by atoms with van der Waals surface area (Å²) >= 11 is 0. The molecule has 4 nitrogen and oxygen atoms in total. The summed E-state index contributed by atoms with van der Waals surface area (Å²) in [5, 5.41) is 9.68. The van der Waals surface area contributed by atoms with Crippen LogP contribution in [0.2, 0.25) is 0 Å². The molecule has 0 aromatic heterocycles. The topological polar surface area (TPSA) is 49.8 Å². The highest BCUT2D eigenvalue weighted by molar-refractivity contribution is 6.02. The minimum Gasteiger partial charge on any atom is -0.395 e. The number of rotatable bonds is 2. The minimum atomic E-state index is -0.278. The first-order chi connectivity index (χ1) is 12.5. The van der Waals surface area contributed by atoms with E-state index in [0.29, 0.717) is 35.5 Å². The number of nitrogens with zero attached hydrogens (tertiary/aromatic N) is 1. The Morgan fingerprint density at radius 2 is 2.12 bits per heavy atom. The van der Waals surface area contributed by atoms with Gasteiger partial charge in [-0.1, -0.05) is 19.9 Å². The number of β-amino-alcohol motifs (C(OH)–C–C–N with tert-alkyl or cyclic N) is 1. The Kier molecular flexibility index (Phi) is 3.01. The smallest absolute Gasteiger partial charge is 0.167 e. The Bertz CT molecular complexity index is 706. The number of fused-ring (bicyclic) bond motifs is 2. The lowest BCUT2D eigenvalue weighted by atomic mass is 9.32. The molecule has 7 bridgehead atoms. The Hall–Kier alpha value is -0.710. The lowest BCUT2D eigenvalue weighted by Crippen LogP contribution is -2.81. The second-order valence-corrected chi connectivity index (χ2v) is 10.5. The van der Waals surface area contributed by atoms with Gasteiger partial charge in [-0.2, -0.15) is 0 Å². The molecule has 2 spiro atoms. The quantitative estimate of drug-likeness (QED) is 0.772. The van der Waals surface area contributed by atoms with Gasteiger partial charge < -0.3 is 9.84 Å². The van der Waals surface area contributed by atoms with Crippen molar-refractivity contribution in [1.82, 2.24) is 4.90 Å². The fourth-order valence-electron chi connectivity index (χ4n) is 9.06. The van der Waals surface area contributed by atoms with E-state index in [-0.39, 0.29) is 29.8 Å². The van der Waals surface area contributed by atoms with E-state index < -0.39 is 0 Å². The Morgan fingerprint density at radius 1 is 1.27 bits per heavy atom. The molecule has 8 atom stereocenters. The SMILES string of the molecule is C=C1C(=O)[C@]23CC[C@H]1C[C@H]2[C@@]12CCC[C@@]4(C)CN(CCO)[C@@H]1O[C@@H]3C[C@H]42. The zero-order valence-corrected chi connectivity index (χ0v) is 15.9. The molecule has 26 heavy (non-hydrogen) atoms. The van der Waals surface area contributed by atoms with Crippen LogP contribution in [0.4, 0.5) is 0 Å². The van der Waals surface area contributed by atoms with Gasteiger partial charge in [-0.15, -0.1) is 0 Å². The van der Waals surface area contributed by atoms with Crippen LogP contribution in [0.3, 0.4) is 0 Å². The fourth-order valence-corrected chi connectivity index (χ4v) is 9.06. The van der Waals surface area contributed by atoms with Gasteiger partial charge in [-0.25, -0.2) is 0 Å². The molecular weight excluding hydrogens is 326 g/mol. The largest absolute Gasteiger partial charge is 0.395 e. The molecule has 3 heterocycles. The molecule has 3 saturated heterocycles.